The highest BCUT2D eigenvalue weighted by atomic mass is 15.3. The van der Waals surface area contributed by atoms with E-state index in [-0.39, 0.29) is 6.04 Å². The number of nitrogens with zero attached hydrogens (tertiary/aromatic N) is 4. The van der Waals surface area contributed by atoms with E-state index in [0.29, 0.717) is 44.0 Å². The largest absolute Gasteiger partial charge is 0.350 e. The number of rotatable bonds is 12. The summed E-state index contributed by atoms with van der Waals surface area (Å²) in [5.41, 5.74) is 11.6. The Morgan fingerprint density at radius 3 is 1.82 bits per heavy atom. The van der Waals surface area contributed by atoms with Crippen molar-refractivity contribution >= 4 is 17.8 Å². The van der Waals surface area contributed by atoms with Crippen LogP contribution in [0.15, 0.2) is 115 Å². The molecule has 5 rings (SSSR count). The lowest BCUT2D eigenvalue weighted by Gasteiger charge is -2.24. The molecule has 4 N–H and O–H groups in total. The van der Waals surface area contributed by atoms with Crippen LogP contribution in [0.5, 0.6) is 0 Å². The Kier molecular flexibility index (Phi) is 8.96. The molecule has 7 nitrogen and oxygen atoms in total. The molecule has 5 aromatic rings. The highest BCUT2D eigenvalue weighted by Gasteiger charge is 2.17. The second-order valence-corrected chi connectivity index (χ2v) is 9.76. The minimum Gasteiger partial charge on any atom is -0.350 e. The molecule has 0 unspecified atom stereocenters. The zero-order chi connectivity index (χ0) is 27.6. The Balaban J connectivity index is 1.48. The van der Waals surface area contributed by atoms with E-state index in [1.54, 1.807) is 0 Å². The van der Waals surface area contributed by atoms with Crippen molar-refractivity contribution in [3.8, 4) is 0 Å². The Labute approximate surface area is 236 Å². The summed E-state index contributed by atoms with van der Waals surface area (Å²) in [7, 11) is 0. The molecule has 0 spiro atoms. The zero-order valence-electron chi connectivity index (χ0n) is 22.7. The van der Waals surface area contributed by atoms with Gasteiger partial charge in [-0.15, -0.1) is 0 Å². The number of hydrogen-bond acceptors (Lipinski definition) is 7. The molecule has 1 atom stereocenters. The SMILES string of the molecule is C[C@H](Nc1nc(NCc2cccc(CN)c2)nc(N(Cc2ccccc2)Cc2ccccc2)n1)c1ccccc1. The fourth-order valence-corrected chi connectivity index (χ4v) is 4.52. The summed E-state index contributed by atoms with van der Waals surface area (Å²) >= 11 is 0. The standard InChI is InChI=1S/C33H35N7/c1-25(30-18-9-4-10-19-30)36-32-37-31(35-22-29-17-11-16-28(20-29)21-34)38-33(39-32)40(23-26-12-5-2-6-13-26)24-27-14-7-3-8-15-27/h2-20,25H,21-24,34H2,1H3,(H2,35,36,37,38,39)/t25-/m0/s1. The van der Waals surface area contributed by atoms with Crippen LogP contribution in [0.2, 0.25) is 0 Å². The van der Waals surface area contributed by atoms with E-state index in [0.717, 1.165) is 16.7 Å². The normalized spacial score (nSPS) is 11.6. The summed E-state index contributed by atoms with van der Waals surface area (Å²) in [6.45, 7) is 4.50. The molecule has 1 heterocycles. The van der Waals surface area contributed by atoms with Gasteiger partial charge in [0, 0.05) is 26.2 Å². The summed E-state index contributed by atoms with van der Waals surface area (Å²) in [5, 5.41) is 6.91. The maximum atomic E-state index is 5.85. The van der Waals surface area contributed by atoms with E-state index in [1.165, 1.54) is 11.1 Å². The smallest absolute Gasteiger partial charge is 0.232 e. The molecule has 0 amide bonds. The highest BCUT2D eigenvalue weighted by molar-refractivity contribution is 5.46. The average Bonchev–Trinajstić information content (AvgIpc) is 3.01. The molecule has 202 valence electrons. The van der Waals surface area contributed by atoms with E-state index in [4.69, 9.17) is 20.7 Å². The lowest BCUT2D eigenvalue weighted by Crippen LogP contribution is -2.26. The summed E-state index contributed by atoms with van der Waals surface area (Å²) in [5.74, 6) is 1.63. The summed E-state index contributed by atoms with van der Waals surface area (Å²) in [4.78, 5) is 16.7. The van der Waals surface area contributed by atoms with Crippen LogP contribution in [0, 0.1) is 0 Å². The second kappa shape index (κ2) is 13.4. The van der Waals surface area contributed by atoms with Gasteiger partial charge in [0.25, 0.3) is 0 Å². The summed E-state index contributed by atoms with van der Waals surface area (Å²) in [6, 6.07) is 39.3. The van der Waals surface area contributed by atoms with Crippen LogP contribution in [0.1, 0.15) is 40.8 Å². The first kappa shape index (κ1) is 26.8. The van der Waals surface area contributed by atoms with Gasteiger partial charge < -0.3 is 21.3 Å². The number of hydrogen-bond donors (Lipinski definition) is 3. The van der Waals surface area contributed by atoms with Gasteiger partial charge in [0.2, 0.25) is 17.8 Å². The molecule has 0 radical (unpaired) electrons. The predicted molar refractivity (Wildman–Crippen MR) is 163 cm³/mol. The van der Waals surface area contributed by atoms with E-state index < -0.39 is 0 Å². The maximum absolute atomic E-state index is 5.85. The maximum Gasteiger partial charge on any atom is 0.232 e. The summed E-state index contributed by atoms with van der Waals surface area (Å²) in [6.07, 6.45) is 0. The van der Waals surface area contributed by atoms with Crippen molar-refractivity contribution in [3.63, 3.8) is 0 Å². The topological polar surface area (TPSA) is 92.0 Å². The minimum atomic E-state index is 0.0160. The van der Waals surface area contributed by atoms with Crippen molar-refractivity contribution in [1.29, 1.82) is 0 Å². The second-order valence-electron chi connectivity index (χ2n) is 9.76. The Morgan fingerprint density at radius 1 is 0.650 bits per heavy atom. The first-order chi connectivity index (χ1) is 19.7. The number of anilines is 3. The number of nitrogens with two attached hydrogens (primary N) is 1. The van der Waals surface area contributed by atoms with Gasteiger partial charge in [-0.2, -0.15) is 15.0 Å². The van der Waals surface area contributed by atoms with Crippen molar-refractivity contribution in [3.05, 3.63) is 143 Å². The molecular formula is C33H35N7. The lowest BCUT2D eigenvalue weighted by atomic mass is 10.1. The van der Waals surface area contributed by atoms with E-state index in [1.807, 2.05) is 42.5 Å². The van der Waals surface area contributed by atoms with Gasteiger partial charge in [-0.25, -0.2) is 0 Å². The molecular weight excluding hydrogens is 494 g/mol. The molecule has 0 aliphatic rings. The number of benzene rings is 4. The van der Waals surface area contributed by atoms with Crippen molar-refractivity contribution in [2.75, 3.05) is 15.5 Å². The van der Waals surface area contributed by atoms with Gasteiger partial charge in [-0.1, -0.05) is 115 Å². The predicted octanol–water partition coefficient (Wildman–Crippen LogP) is 6.32. The van der Waals surface area contributed by atoms with Crippen LogP contribution in [0.4, 0.5) is 17.8 Å². The molecule has 4 aromatic carbocycles. The third-order valence-electron chi connectivity index (χ3n) is 6.66. The van der Waals surface area contributed by atoms with Gasteiger partial charge in [0.1, 0.15) is 0 Å². The molecule has 7 heteroatoms. The third kappa shape index (κ3) is 7.42. The Hall–Kier alpha value is -4.75. The third-order valence-corrected chi connectivity index (χ3v) is 6.66. The molecule has 0 bridgehead atoms. The first-order valence-corrected chi connectivity index (χ1v) is 13.6. The van der Waals surface area contributed by atoms with Crippen LogP contribution in [0.25, 0.3) is 0 Å². The monoisotopic (exact) mass is 529 g/mol. The van der Waals surface area contributed by atoms with E-state index in [9.17, 15) is 0 Å². The quantitative estimate of drug-likeness (QED) is 0.174. The number of nitrogens with one attached hydrogen (secondary N) is 2. The van der Waals surface area contributed by atoms with Crippen molar-refractivity contribution in [2.24, 2.45) is 5.73 Å². The average molecular weight is 530 g/mol. The Morgan fingerprint density at radius 2 is 1.20 bits per heavy atom. The fourth-order valence-electron chi connectivity index (χ4n) is 4.52. The van der Waals surface area contributed by atoms with Crippen molar-refractivity contribution < 1.29 is 0 Å². The van der Waals surface area contributed by atoms with Gasteiger partial charge in [-0.3, -0.25) is 0 Å². The van der Waals surface area contributed by atoms with Gasteiger partial charge in [0.05, 0.1) is 6.04 Å². The minimum absolute atomic E-state index is 0.0160. The van der Waals surface area contributed by atoms with Crippen LogP contribution in [0.3, 0.4) is 0 Å². The molecule has 0 aliphatic carbocycles. The van der Waals surface area contributed by atoms with Crippen molar-refractivity contribution in [1.82, 2.24) is 15.0 Å². The zero-order valence-corrected chi connectivity index (χ0v) is 22.7. The summed E-state index contributed by atoms with van der Waals surface area (Å²) < 4.78 is 0. The molecule has 0 aliphatic heterocycles. The van der Waals surface area contributed by atoms with E-state index in [2.05, 4.69) is 95.3 Å². The number of aromatic nitrogens is 3. The van der Waals surface area contributed by atoms with Crippen LogP contribution in [-0.4, -0.2) is 15.0 Å². The van der Waals surface area contributed by atoms with Crippen LogP contribution >= 0.6 is 0 Å². The van der Waals surface area contributed by atoms with Crippen LogP contribution in [-0.2, 0) is 26.2 Å². The molecule has 40 heavy (non-hydrogen) atoms. The van der Waals surface area contributed by atoms with Gasteiger partial charge in [-0.05, 0) is 34.7 Å². The molecule has 0 fully saturated rings. The highest BCUT2D eigenvalue weighted by Crippen LogP contribution is 2.23. The lowest BCUT2D eigenvalue weighted by molar-refractivity contribution is 0.753. The van der Waals surface area contributed by atoms with Crippen molar-refractivity contribution in [2.45, 2.75) is 39.1 Å². The molecule has 1 aromatic heterocycles. The molecule has 0 saturated carbocycles. The fraction of sp³-hybridized carbons (Fsp3) is 0.182. The van der Waals surface area contributed by atoms with Crippen LogP contribution < -0.4 is 21.3 Å². The first-order valence-electron chi connectivity index (χ1n) is 13.6. The van der Waals surface area contributed by atoms with Gasteiger partial charge in [0.15, 0.2) is 0 Å². The van der Waals surface area contributed by atoms with E-state index >= 15 is 0 Å². The molecule has 0 saturated heterocycles. The Bertz CT molecular complexity index is 1440. The van der Waals surface area contributed by atoms with Gasteiger partial charge >= 0.3 is 0 Å².